The van der Waals surface area contributed by atoms with E-state index in [2.05, 4.69) is 18.3 Å². The van der Waals surface area contributed by atoms with Gasteiger partial charge in [0, 0.05) is 17.6 Å². The van der Waals surface area contributed by atoms with Crippen molar-refractivity contribution in [3.63, 3.8) is 0 Å². The van der Waals surface area contributed by atoms with Gasteiger partial charge in [0.2, 0.25) is 0 Å². The lowest BCUT2D eigenvalue weighted by Gasteiger charge is -2.42. The number of rotatable bonds is 6. The molecule has 1 N–H and O–H groups in total. The maximum absolute atomic E-state index is 5.45. The molecule has 2 rings (SSSR count). The topological polar surface area (TPSA) is 30.5 Å². The molecule has 0 aliphatic heterocycles. The van der Waals surface area contributed by atoms with Crippen molar-refractivity contribution >= 4 is 0 Å². The van der Waals surface area contributed by atoms with Crippen LogP contribution >= 0.6 is 0 Å². The summed E-state index contributed by atoms with van der Waals surface area (Å²) >= 11 is 0. The maximum Gasteiger partial charge on any atom is 0.165 e. The summed E-state index contributed by atoms with van der Waals surface area (Å²) in [6.45, 7) is 3.10. The second-order valence-corrected chi connectivity index (χ2v) is 4.99. The zero-order chi connectivity index (χ0) is 13.0. The molecule has 1 aromatic carbocycles. The van der Waals surface area contributed by atoms with Gasteiger partial charge in [-0.1, -0.05) is 19.1 Å². The Balaban J connectivity index is 2.09. The SMILES string of the molecule is CCC1(NCc2cccc(OC)c2OC)CCC1. The Labute approximate surface area is 109 Å². The Morgan fingerprint density at radius 2 is 2.00 bits per heavy atom. The molecule has 100 valence electrons. The third-order valence-corrected chi connectivity index (χ3v) is 4.13. The summed E-state index contributed by atoms with van der Waals surface area (Å²) in [5, 5.41) is 3.69. The molecule has 3 heteroatoms. The highest BCUT2D eigenvalue weighted by molar-refractivity contribution is 5.46. The normalized spacial score (nSPS) is 17.1. The van der Waals surface area contributed by atoms with Crippen LogP contribution in [0.25, 0.3) is 0 Å². The van der Waals surface area contributed by atoms with Gasteiger partial charge in [-0.05, 0) is 31.7 Å². The standard InChI is InChI=1S/C15H23NO2/c1-4-15(9-6-10-15)16-11-12-7-5-8-13(17-2)14(12)18-3/h5,7-8,16H,4,6,9-11H2,1-3H3. The Morgan fingerprint density at radius 1 is 1.22 bits per heavy atom. The Kier molecular flexibility index (Phi) is 4.12. The zero-order valence-corrected chi connectivity index (χ0v) is 11.6. The fourth-order valence-electron chi connectivity index (χ4n) is 2.63. The van der Waals surface area contributed by atoms with Gasteiger partial charge in [-0.3, -0.25) is 0 Å². The van der Waals surface area contributed by atoms with Crippen LogP contribution in [0.5, 0.6) is 11.5 Å². The average molecular weight is 249 g/mol. The number of hydrogen-bond donors (Lipinski definition) is 1. The van der Waals surface area contributed by atoms with Gasteiger partial charge in [0.1, 0.15) is 0 Å². The summed E-state index contributed by atoms with van der Waals surface area (Å²) in [7, 11) is 3.37. The second kappa shape index (κ2) is 5.61. The first kappa shape index (κ1) is 13.2. The Bertz CT molecular complexity index is 394. The maximum atomic E-state index is 5.45. The van der Waals surface area contributed by atoms with Crippen LogP contribution in [0.1, 0.15) is 38.2 Å². The summed E-state index contributed by atoms with van der Waals surface area (Å²) in [4.78, 5) is 0. The van der Waals surface area contributed by atoms with Crippen molar-refractivity contribution in [2.24, 2.45) is 0 Å². The van der Waals surface area contributed by atoms with E-state index in [9.17, 15) is 0 Å². The van der Waals surface area contributed by atoms with Crippen molar-refractivity contribution in [1.29, 1.82) is 0 Å². The first-order valence-electron chi connectivity index (χ1n) is 6.69. The summed E-state index contributed by atoms with van der Waals surface area (Å²) < 4.78 is 10.8. The first-order valence-corrected chi connectivity index (χ1v) is 6.69. The summed E-state index contributed by atoms with van der Waals surface area (Å²) in [5.74, 6) is 1.65. The van der Waals surface area contributed by atoms with E-state index in [1.165, 1.54) is 25.7 Å². The van der Waals surface area contributed by atoms with Gasteiger partial charge in [-0.2, -0.15) is 0 Å². The van der Waals surface area contributed by atoms with E-state index in [4.69, 9.17) is 9.47 Å². The van der Waals surface area contributed by atoms with E-state index < -0.39 is 0 Å². The van der Waals surface area contributed by atoms with Crippen molar-refractivity contribution in [1.82, 2.24) is 5.32 Å². The van der Waals surface area contributed by atoms with Crippen molar-refractivity contribution in [3.05, 3.63) is 23.8 Å². The van der Waals surface area contributed by atoms with E-state index in [-0.39, 0.29) is 0 Å². The second-order valence-electron chi connectivity index (χ2n) is 4.99. The first-order chi connectivity index (χ1) is 8.74. The van der Waals surface area contributed by atoms with Gasteiger partial charge in [0.15, 0.2) is 11.5 Å². The van der Waals surface area contributed by atoms with Gasteiger partial charge >= 0.3 is 0 Å². The van der Waals surface area contributed by atoms with Gasteiger partial charge < -0.3 is 14.8 Å². The van der Waals surface area contributed by atoms with Crippen molar-refractivity contribution in [3.8, 4) is 11.5 Å². The van der Waals surface area contributed by atoms with Crippen LogP contribution < -0.4 is 14.8 Å². The number of methoxy groups -OCH3 is 2. The molecule has 0 bridgehead atoms. The highest BCUT2D eigenvalue weighted by Gasteiger charge is 2.34. The molecular weight excluding hydrogens is 226 g/mol. The Morgan fingerprint density at radius 3 is 2.50 bits per heavy atom. The predicted molar refractivity (Wildman–Crippen MR) is 73.3 cm³/mol. The molecule has 1 fully saturated rings. The molecule has 1 aliphatic rings. The molecule has 1 saturated carbocycles. The molecule has 0 unspecified atom stereocenters. The summed E-state index contributed by atoms with van der Waals surface area (Å²) in [5.41, 5.74) is 1.52. The molecule has 3 nitrogen and oxygen atoms in total. The van der Waals surface area contributed by atoms with Crippen molar-refractivity contribution in [2.45, 2.75) is 44.7 Å². The minimum absolute atomic E-state index is 0.355. The molecule has 0 spiro atoms. The minimum Gasteiger partial charge on any atom is -0.493 e. The third kappa shape index (κ3) is 2.46. The molecule has 0 saturated heterocycles. The zero-order valence-electron chi connectivity index (χ0n) is 11.6. The number of hydrogen-bond acceptors (Lipinski definition) is 3. The minimum atomic E-state index is 0.355. The summed E-state index contributed by atoms with van der Waals surface area (Å²) in [6.07, 6.45) is 5.11. The van der Waals surface area contributed by atoms with E-state index in [0.29, 0.717) is 5.54 Å². The average Bonchev–Trinajstić information content (AvgIpc) is 2.37. The van der Waals surface area contributed by atoms with Crippen molar-refractivity contribution in [2.75, 3.05) is 14.2 Å². The van der Waals surface area contributed by atoms with Gasteiger partial charge in [-0.25, -0.2) is 0 Å². The molecule has 0 aromatic heterocycles. The lowest BCUT2D eigenvalue weighted by molar-refractivity contribution is 0.174. The molecule has 0 heterocycles. The van der Waals surface area contributed by atoms with Crippen LogP contribution in [0.4, 0.5) is 0 Å². The lowest BCUT2D eigenvalue weighted by Crippen LogP contribution is -2.49. The van der Waals surface area contributed by atoms with Gasteiger partial charge in [-0.15, -0.1) is 0 Å². The number of nitrogens with one attached hydrogen (secondary N) is 1. The number of ether oxygens (including phenoxy) is 2. The number of para-hydroxylation sites is 1. The van der Waals surface area contributed by atoms with Gasteiger partial charge in [0.25, 0.3) is 0 Å². The van der Waals surface area contributed by atoms with Gasteiger partial charge in [0.05, 0.1) is 14.2 Å². The molecule has 0 atom stereocenters. The predicted octanol–water partition coefficient (Wildman–Crippen LogP) is 3.13. The van der Waals surface area contributed by atoms with E-state index in [1.54, 1.807) is 14.2 Å². The fourth-order valence-corrected chi connectivity index (χ4v) is 2.63. The van der Waals surface area contributed by atoms with E-state index in [0.717, 1.165) is 23.6 Å². The molecule has 1 aromatic rings. The van der Waals surface area contributed by atoms with Crippen LogP contribution in [0.3, 0.4) is 0 Å². The smallest absolute Gasteiger partial charge is 0.165 e. The van der Waals surface area contributed by atoms with Crippen LogP contribution in [0, 0.1) is 0 Å². The highest BCUT2D eigenvalue weighted by Crippen LogP contribution is 2.36. The third-order valence-electron chi connectivity index (χ3n) is 4.13. The van der Waals surface area contributed by atoms with Crippen LogP contribution in [-0.2, 0) is 6.54 Å². The molecule has 1 aliphatic carbocycles. The quantitative estimate of drug-likeness (QED) is 0.840. The Hall–Kier alpha value is -1.22. The molecule has 18 heavy (non-hydrogen) atoms. The van der Waals surface area contributed by atoms with Crippen LogP contribution in [0.15, 0.2) is 18.2 Å². The summed E-state index contributed by atoms with van der Waals surface area (Å²) in [6, 6.07) is 6.04. The van der Waals surface area contributed by atoms with Crippen LogP contribution in [0.2, 0.25) is 0 Å². The molecular formula is C15H23NO2. The lowest BCUT2D eigenvalue weighted by atomic mass is 9.75. The van der Waals surface area contributed by atoms with E-state index in [1.807, 2.05) is 12.1 Å². The monoisotopic (exact) mass is 249 g/mol. The molecule has 0 amide bonds. The van der Waals surface area contributed by atoms with Crippen LogP contribution in [-0.4, -0.2) is 19.8 Å². The van der Waals surface area contributed by atoms with Crippen molar-refractivity contribution < 1.29 is 9.47 Å². The highest BCUT2D eigenvalue weighted by atomic mass is 16.5. The molecule has 0 radical (unpaired) electrons. The largest absolute Gasteiger partial charge is 0.493 e. The number of benzene rings is 1. The fraction of sp³-hybridized carbons (Fsp3) is 0.600. The van der Waals surface area contributed by atoms with E-state index >= 15 is 0 Å².